The van der Waals surface area contributed by atoms with Gasteiger partial charge in [-0.1, -0.05) is 89.8 Å². The van der Waals surface area contributed by atoms with Gasteiger partial charge < -0.3 is 30.7 Å². The Balaban J connectivity index is 1.27. The van der Waals surface area contributed by atoms with Gasteiger partial charge in [0.1, 0.15) is 17.8 Å². The molecular weight excluding hydrogens is 729 g/mol. The topological polar surface area (TPSA) is 163 Å². The monoisotopic (exact) mass is 782 g/mol. The molecule has 0 bridgehead atoms. The van der Waals surface area contributed by atoms with Crippen LogP contribution in [0.4, 0.5) is 0 Å². The smallest absolute Gasteiger partial charge is 0.305 e. The summed E-state index contributed by atoms with van der Waals surface area (Å²) >= 11 is 1.35. The zero-order valence-electron chi connectivity index (χ0n) is 32.8. The number of amides is 3. The predicted octanol–water partition coefficient (Wildman–Crippen LogP) is 6.25. The molecule has 4 aromatic rings. The van der Waals surface area contributed by atoms with Crippen molar-refractivity contribution in [1.29, 1.82) is 0 Å². The lowest BCUT2D eigenvalue weighted by Gasteiger charge is -2.31. The summed E-state index contributed by atoms with van der Waals surface area (Å²) in [6.07, 6.45) is 9.03. The molecule has 2 aromatic heterocycles. The molecular formula is C43H54N6O6S. The maximum absolute atomic E-state index is 13.9. The summed E-state index contributed by atoms with van der Waals surface area (Å²) in [7, 11) is 0. The standard InChI is InChI=1S/C43H54N6O6S/c1-5-6-7-8-9-24-55-33-16-14-30(15-17-33)32-27-45-39(46-28-32)31-12-10-29(11-13-31)25-34(47-41(53)36-18-19-37(56-36)43(2,3)4)40(52)48-35(26-38(50)51)42(54)49-22-20-44-21-23-49/h10-19,27-28,34-35,44H,5-9,20-26H2,1-4H3,(H,47,53)(H,48,52)(H,50,51). The highest BCUT2D eigenvalue weighted by Gasteiger charge is 2.32. The first-order chi connectivity index (χ1) is 26.9. The maximum atomic E-state index is 13.9. The van der Waals surface area contributed by atoms with Crippen LogP contribution in [0.1, 0.15) is 86.3 Å². The summed E-state index contributed by atoms with van der Waals surface area (Å²) in [5.41, 5.74) is 3.20. The second-order valence-corrected chi connectivity index (χ2v) is 16.2. The number of benzene rings is 2. The van der Waals surface area contributed by atoms with E-state index >= 15 is 0 Å². The van der Waals surface area contributed by atoms with Crippen molar-refractivity contribution < 1.29 is 29.0 Å². The van der Waals surface area contributed by atoms with Crippen LogP contribution >= 0.6 is 11.3 Å². The zero-order valence-corrected chi connectivity index (χ0v) is 33.6. The number of nitrogens with one attached hydrogen (secondary N) is 3. The van der Waals surface area contributed by atoms with Gasteiger partial charge in [-0.3, -0.25) is 19.2 Å². The van der Waals surface area contributed by atoms with Gasteiger partial charge in [0.25, 0.3) is 5.91 Å². The molecule has 2 atom stereocenters. The molecule has 12 nitrogen and oxygen atoms in total. The van der Waals surface area contributed by atoms with E-state index in [-0.39, 0.29) is 11.8 Å². The maximum Gasteiger partial charge on any atom is 0.305 e. The van der Waals surface area contributed by atoms with E-state index in [1.807, 2.05) is 54.6 Å². The summed E-state index contributed by atoms with van der Waals surface area (Å²) < 4.78 is 5.90. The molecule has 1 aliphatic heterocycles. The first-order valence-corrected chi connectivity index (χ1v) is 20.3. The van der Waals surface area contributed by atoms with Gasteiger partial charge in [-0.25, -0.2) is 9.97 Å². The van der Waals surface area contributed by atoms with E-state index in [0.29, 0.717) is 43.5 Å². The SMILES string of the molecule is CCCCCCCOc1ccc(-c2cnc(-c3ccc(CC(NC(=O)c4ccc(C(C)(C)C)s4)C(=O)NC(CC(=O)O)C(=O)N4CCNCC4)cc3)nc2)cc1. The van der Waals surface area contributed by atoms with Gasteiger partial charge in [-0.2, -0.15) is 0 Å². The number of carboxylic acid groups (broad SMARTS) is 1. The molecule has 2 unspecified atom stereocenters. The van der Waals surface area contributed by atoms with Crippen LogP contribution in [0.25, 0.3) is 22.5 Å². The molecule has 0 aliphatic carbocycles. The molecule has 0 spiro atoms. The van der Waals surface area contributed by atoms with E-state index in [4.69, 9.17) is 4.74 Å². The number of aromatic nitrogens is 2. The minimum absolute atomic E-state index is 0.0926. The highest BCUT2D eigenvalue weighted by atomic mass is 32.1. The lowest BCUT2D eigenvalue weighted by atomic mass is 9.95. The Hall–Kier alpha value is -5.14. The molecule has 3 heterocycles. The van der Waals surface area contributed by atoms with Gasteiger partial charge in [-0.05, 0) is 47.2 Å². The minimum atomic E-state index is -1.29. The number of carbonyl (C=O) groups is 4. The van der Waals surface area contributed by atoms with Gasteiger partial charge in [-0.15, -0.1) is 11.3 Å². The van der Waals surface area contributed by atoms with Crippen molar-refractivity contribution in [2.24, 2.45) is 0 Å². The summed E-state index contributed by atoms with van der Waals surface area (Å²) in [5.74, 6) is -1.40. The molecule has 3 amide bonds. The number of rotatable bonds is 18. The first kappa shape index (κ1) is 42.0. The summed E-state index contributed by atoms with van der Waals surface area (Å²) in [4.78, 5) is 64.8. The number of aliphatic carboxylic acids is 1. The number of hydrogen-bond acceptors (Lipinski definition) is 9. The van der Waals surface area contributed by atoms with Crippen molar-refractivity contribution in [2.45, 2.75) is 90.1 Å². The number of carbonyl (C=O) groups excluding carboxylic acids is 3. The highest BCUT2D eigenvalue weighted by Crippen LogP contribution is 2.30. The lowest BCUT2D eigenvalue weighted by molar-refractivity contribution is -0.144. The minimum Gasteiger partial charge on any atom is -0.494 e. The molecule has 1 saturated heterocycles. The second kappa shape index (κ2) is 20.1. The number of carboxylic acids is 1. The number of hydrogen-bond donors (Lipinski definition) is 4. The molecule has 1 aliphatic rings. The Morgan fingerprint density at radius 3 is 2.12 bits per heavy atom. The van der Waals surface area contributed by atoms with Crippen molar-refractivity contribution >= 4 is 35.0 Å². The summed E-state index contributed by atoms with van der Waals surface area (Å²) in [6.45, 7) is 11.0. The molecule has 1 fully saturated rings. The zero-order chi connectivity index (χ0) is 40.1. The van der Waals surface area contributed by atoms with E-state index in [9.17, 15) is 24.3 Å². The normalized spacial score (nSPS) is 14.1. The molecule has 5 rings (SSSR count). The Morgan fingerprint density at radius 2 is 1.50 bits per heavy atom. The van der Waals surface area contributed by atoms with Crippen LogP contribution in [0, 0.1) is 0 Å². The van der Waals surface area contributed by atoms with Crippen LogP contribution < -0.4 is 20.7 Å². The molecule has 2 aromatic carbocycles. The third-order valence-corrected chi connectivity index (χ3v) is 11.1. The van der Waals surface area contributed by atoms with Crippen molar-refractivity contribution in [1.82, 2.24) is 30.8 Å². The molecule has 298 valence electrons. The number of nitrogens with zero attached hydrogens (tertiary/aromatic N) is 3. The predicted molar refractivity (Wildman–Crippen MR) is 219 cm³/mol. The van der Waals surface area contributed by atoms with Gasteiger partial charge in [0, 0.05) is 61.0 Å². The molecule has 0 saturated carbocycles. The third kappa shape index (κ3) is 12.2. The first-order valence-electron chi connectivity index (χ1n) is 19.5. The Labute approximate surface area is 333 Å². The van der Waals surface area contributed by atoms with Crippen LogP contribution in [0.5, 0.6) is 5.75 Å². The number of unbranched alkanes of at least 4 members (excludes halogenated alkanes) is 4. The fourth-order valence-electron chi connectivity index (χ4n) is 6.35. The molecule has 13 heteroatoms. The fraction of sp³-hybridized carbons (Fsp3) is 0.442. The van der Waals surface area contributed by atoms with Crippen LogP contribution in [0.15, 0.2) is 73.1 Å². The lowest BCUT2D eigenvalue weighted by Crippen LogP contribution is -2.57. The average molecular weight is 783 g/mol. The Bertz CT molecular complexity index is 1900. The van der Waals surface area contributed by atoms with E-state index in [2.05, 4.69) is 53.6 Å². The third-order valence-electron chi connectivity index (χ3n) is 9.62. The van der Waals surface area contributed by atoms with E-state index in [1.54, 1.807) is 23.4 Å². The number of ether oxygens (including phenoxy) is 1. The van der Waals surface area contributed by atoms with Crippen LogP contribution in [0.3, 0.4) is 0 Å². The Morgan fingerprint density at radius 1 is 0.839 bits per heavy atom. The van der Waals surface area contributed by atoms with Crippen molar-refractivity contribution in [3.05, 3.63) is 88.4 Å². The van der Waals surface area contributed by atoms with E-state index < -0.39 is 42.2 Å². The van der Waals surface area contributed by atoms with Gasteiger partial charge >= 0.3 is 5.97 Å². The van der Waals surface area contributed by atoms with Crippen LogP contribution in [0.2, 0.25) is 0 Å². The number of thiophene rings is 1. The average Bonchev–Trinajstić information content (AvgIpc) is 3.71. The van der Waals surface area contributed by atoms with Crippen molar-refractivity contribution in [3.63, 3.8) is 0 Å². The highest BCUT2D eigenvalue weighted by molar-refractivity contribution is 7.14. The molecule has 56 heavy (non-hydrogen) atoms. The summed E-state index contributed by atoms with van der Waals surface area (Å²) in [5, 5.41) is 18.3. The van der Waals surface area contributed by atoms with E-state index in [0.717, 1.165) is 39.3 Å². The van der Waals surface area contributed by atoms with Gasteiger partial charge in [0.2, 0.25) is 11.8 Å². The largest absolute Gasteiger partial charge is 0.494 e. The van der Waals surface area contributed by atoms with Crippen LogP contribution in [-0.4, -0.2) is 88.5 Å². The number of piperazine rings is 1. The van der Waals surface area contributed by atoms with Crippen molar-refractivity contribution in [2.75, 3.05) is 32.8 Å². The van der Waals surface area contributed by atoms with Crippen molar-refractivity contribution in [3.8, 4) is 28.3 Å². The van der Waals surface area contributed by atoms with E-state index in [1.165, 1.54) is 37.0 Å². The molecule has 4 N–H and O–H groups in total. The second-order valence-electron chi connectivity index (χ2n) is 15.2. The fourth-order valence-corrected chi connectivity index (χ4v) is 7.31. The molecule has 0 radical (unpaired) electrons. The Kier molecular flexibility index (Phi) is 15.1. The summed E-state index contributed by atoms with van der Waals surface area (Å²) in [6, 6.07) is 16.6. The van der Waals surface area contributed by atoms with Gasteiger partial charge in [0.15, 0.2) is 5.82 Å². The van der Waals surface area contributed by atoms with Gasteiger partial charge in [0.05, 0.1) is 17.9 Å². The van der Waals surface area contributed by atoms with Crippen LogP contribution in [-0.2, 0) is 26.2 Å². The quantitative estimate of drug-likeness (QED) is 0.0855.